The van der Waals surface area contributed by atoms with Gasteiger partial charge < -0.3 is 14.2 Å². The Bertz CT molecular complexity index is 1410. The Hall–Kier alpha value is -4.59. The molecular weight excluding hydrogens is 458 g/mol. The molecule has 0 unspecified atom stereocenters. The fourth-order valence-corrected chi connectivity index (χ4v) is 4.54. The van der Waals surface area contributed by atoms with Crippen LogP contribution in [-0.4, -0.2) is 42.9 Å². The zero-order chi connectivity index (χ0) is 25.2. The van der Waals surface area contributed by atoms with Crippen LogP contribution in [0.5, 0.6) is 11.5 Å². The normalized spacial score (nSPS) is 14.5. The van der Waals surface area contributed by atoms with Crippen molar-refractivity contribution in [1.82, 2.24) is 10.2 Å². The van der Waals surface area contributed by atoms with Gasteiger partial charge in [0.2, 0.25) is 0 Å². The molecule has 0 aliphatic carbocycles. The van der Waals surface area contributed by atoms with Crippen LogP contribution in [-0.2, 0) is 4.74 Å². The molecule has 0 saturated carbocycles. The number of rotatable bonds is 7. The summed E-state index contributed by atoms with van der Waals surface area (Å²) in [6.07, 6.45) is 0. The number of ether oxygens (including phenoxy) is 3. The van der Waals surface area contributed by atoms with Crippen LogP contribution in [0.1, 0.15) is 44.9 Å². The van der Waals surface area contributed by atoms with E-state index in [2.05, 4.69) is 10.2 Å². The van der Waals surface area contributed by atoms with E-state index in [0.29, 0.717) is 34.1 Å². The number of H-pyrrole nitrogens is 1. The van der Waals surface area contributed by atoms with Crippen LogP contribution in [0.3, 0.4) is 0 Å². The van der Waals surface area contributed by atoms with Crippen LogP contribution < -0.4 is 14.4 Å². The summed E-state index contributed by atoms with van der Waals surface area (Å²) in [5, 5.41) is 7.47. The molecule has 1 aliphatic heterocycles. The summed E-state index contributed by atoms with van der Waals surface area (Å²) in [6, 6.07) is 21.7. The maximum Gasteiger partial charge on any atom is 0.338 e. The number of nitrogens with one attached hydrogen (secondary N) is 1. The van der Waals surface area contributed by atoms with E-state index in [1.807, 2.05) is 48.5 Å². The molecule has 1 aliphatic rings. The van der Waals surface area contributed by atoms with Crippen LogP contribution in [0.4, 0.5) is 5.69 Å². The first-order valence-corrected chi connectivity index (χ1v) is 11.5. The van der Waals surface area contributed by atoms with Crippen molar-refractivity contribution in [1.29, 1.82) is 0 Å². The topological polar surface area (TPSA) is 93.8 Å². The lowest BCUT2D eigenvalue weighted by molar-refractivity contribution is 0.0526. The van der Waals surface area contributed by atoms with Gasteiger partial charge in [0.15, 0.2) is 11.5 Å². The van der Waals surface area contributed by atoms with Crippen molar-refractivity contribution in [3.05, 3.63) is 95.2 Å². The minimum Gasteiger partial charge on any atom is -0.493 e. The van der Waals surface area contributed by atoms with Crippen molar-refractivity contribution in [3.63, 3.8) is 0 Å². The van der Waals surface area contributed by atoms with E-state index >= 15 is 0 Å². The number of methoxy groups -OCH3 is 2. The second-order valence-corrected chi connectivity index (χ2v) is 8.19. The molecule has 0 bridgehead atoms. The van der Waals surface area contributed by atoms with Gasteiger partial charge in [0.1, 0.15) is 5.69 Å². The Kier molecular flexibility index (Phi) is 6.16. The molecule has 1 aromatic heterocycles. The third-order valence-electron chi connectivity index (χ3n) is 6.20. The molecule has 36 heavy (non-hydrogen) atoms. The molecule has 182 valence electrons. The Morgan fingerprint density at radius 2 is 1.69 bits per heavy atom. The number of nitrogens with zero attached hydrogens (tertiary/aromatic N) is 2. The molecule has 1 atom stereocenters. The monoisotopic (exact) mass is 483 g/mol. The minimum atomic E-state index is -0.491. The molecule has 0 fully saturated rings. The van der Waals surface area contributed by atoms with Gasteiger partial charge in [-0.25, -0.2) is 4.79 Å². The molecule has 5 rings (SSSR count). The largest absolute Gasteiger partial charge is 0.493 e. The number of carbonyl (C=O) groups excluding carboxylic acids is 2. The average Bonchev–Trinajstić information content (AvgIpc) is 3.48. The highest BCUT2D eigenvalue weighted by atomic mass is 16.5. The van der Waals surface area contributed by atoms with Crippen LogP contribution in [0.15, 0.2) is 72.8 Å². The zero-order valence-electron chi connectivity index (χ0n) is 20.1. The Labute approximate surface area is 208 Å². The van der Waals surface area contributed by atoms with Crippen molar-refractivity contribution in [2.75, 3.05) is 25.7 Å². The maximum absolute atomic E-state index is 13.7. The first kappa shape index (κ1) is 23.2. The van der Waals surface area contributed by atoms with E-state index < -0.39 is 12.0 Å². The molecule has 3 aromatic carbocycles. The quantitative estimate of drug-likeness (QED) is 0.371. The Morgan fingerprint density at radius 1 is 0.972 bits per heavy atom. The van der Waals surface area contributed by atoms with Crippen molar-refractivity contribution in [2.24, 2.45) is 0 Å². The van der Waals surface area contributed by atoms with Gasteiger partial charge in [-0.3, -0.25) is 14.8 Å². The second-order valence-electron chi connectivity index (χ2n) is 8.19. The summed E-state index contributed by atoms with van der Waals surface area (Å²) in [5.74, 6) is 0.516. The summed E-state index contributed by atoms with van der Waals surface area (Å²) < 4.78 is 16.1. The summed E-state index contributed by atoms with van der Waals surface area (Å²) in [6.45, 7) is 2.05. The number of fused-ring (bicyclic) bond motifs is 1. The van der Waals surface area contributed by atoms with Crippen LogP contribution in [0, 0.1) is 0 Å². The fraction of sp³-hybridized carbons (Fsp3) is 0.179. The summed E-state index contributed by atoms with van der Waals surface area (Å²) >= 11 is 0. The predicted molar refractivity (Wildman–Crippen MR) is 135 cm³/mol. The zero-order valence-corrected chi connectivity index (χ0v) is 20.1. The van der Waals surface area contributed by atoms with Gasteiger partial charge in [-0.15, -0.1) is 0 Å². The third kappa shape index (κ3) is 3.86. The van der Waals surface area contributed by atoms with Crippen LogP contribution >= 0.6 is 0 Å². The standard InChI is InChI=1S/C28H25N3O5/c1-4-36-28(33)18-10-13-20(14-11-18)31-26(19-12-15-21(34-2)22(16-19)35-3)23-24(17-8-6-5-7-9-17)29-30-25(23)27(31)32/h5-16,26H,4H2,1-3H3,(H,29,30)/t26-/m0/s1. The van der Waals surface area contributed by atoms with Crippen molar-refractivity contribution >= 4 is 17.6 Å². The molecule has 0 radical (unpaired) electrons. The van der Waals surface area contributed by atoms with E-state index in [0.717, 1.165) is 16.7 Å². The van der Waals surface area contributed by atoms with E-state index in [1.54, 1.807) is 50.3 Å². The highest BCUT2D eigenvalue weighted by Crippen LogP contribution is 2.46. The summed E-state index contributed by atoms with van der Waals surface area (Å²) in [4.78, 5) is 27.6. The van der Waals surface area contributed by atoms with Gasteiger partial charge >= 0.3 is 5.97 Å². The van der Waals surface area contributed by atoms with E-state index in [4.69, 9.17) is 14.2 Å². The molecule has 0 saturated heterocycles. The number of hydrogen-bond acceptors (Lipinski definition) is 6. The summed E-state index contributed by atoms with van der Waals surface area (Å²) in [7, 11) is 3.15. The highest BCUT2D eigenvalue weighted by Gasteiger charge is 2.43. The molecule has 0 spiro atoms. The molecule has 8 nitrogen and oxygen atoms in total. The lowest BCUT2D eigenvalue weighted by Gasteiger charge is -2.27. The van der Waals surface area contributed by atoms with E-state index in [-0.39, 0.29) is 12.5 Å². The molecule has 1 N–H and O–H groups in total. The van der Waals surface area contributed by atoms with Gasteiger partial charge in [0, 0.05) is 16.8 Å². The van der Waals surface area contributed by atoms with Crippen LogP contribution in [0.25, 0.3) is 11.3 Å². The average molecular weight is 484 g/mol. The molecule has 4 aromatic rings. The fourth-order valence-electron chi connectivity index (χ4n) is 4.54. The van der Waals surface area contributed by atoms with Gasteiger partial charge in [-0.05, 0) is 48.9 Å². The number of anilines is 1. The molecule has 1 amide bonds. The number of aromatic amines is 1. The number of benzene rings is 3. The highest BCUT2D eigenvalue weighted by molar-refractivity contribution is 6.12. The van der Waals surface area contributed by atoms with E-state index in [9.17, 15) is 9.59 Å². The van der Waals surface area contributed by atoms with E-state index in [1.165, 1.54) is 0 Å². The first-order chi connectivity index (χ1) is 17.6. The second kappa shape index (κ2) is 9.58. The number of amides is 1. The van der Waals surface area contributed by atoms with Gasteiger partial charge in [0.25, 0.3) is 5.91 Å². The Balaban J connectivity index is 1.66. The van der Waals surface area contributed by atoms with Crippen molar-refractivity contribution in [2.45, 2.75) is 13.0 Å². The molecule has 8 heteroatoms. The smallest absolute Gasteiger partial charge is 0.338 e. The maximum atomic E-state index is 13.7. The SMILES string of the molecule is CCOC(=O)c1ccc(N2C(=O)c3[nH]nc(-c4ccccc4)c3[C@@H]2c2ccc(OC)c(OC)c2)cc1. The molecule has 2 heterocycles. The minimum absolute atomic E-state index is 0.219. The molecular formula is C28H25N3O5. The van der Waals surface area contributed by atoms with Gasteiger partial charge in [-0.1, -0.05) is 36.4 Å². The van der Waals surface area contributed by atoms with Crippen molar-refractivity contribution < 1.29 is 23.8 Å². The summed E-state index contributed by atoms with van der Waals surface area (Å²) in [5.41, 5.74) is 4.66. The predicted octanol–water partition coefficient (Wildman–Crippen LogP) is 5.02. The van der Waals surface area contributed by atoms with Crippen molar-refractivity contribution in [3.8, 4) is 22.8 Å². The number of esters is 1. The number of aromatic nitrogens is 2. The Morgan fingerprint density at radius 3 is 2.36 bits per heavy atom. The number of carbonyl (C=O) groups is 2. The van der Waals surface area contributed by atoms with Gasteiger partial charge in [-0.2, -0.15) is 5.10 Å². The van der Waals surface area contributed by atoms with Gasteiger partial charge in [0.05, 0.1) is 38.1 Å². The first-order valence-electron chi connectivity index (χ1n) is 11.5. The van der Waals surface area contributed by atoms with Crippen LogP contribution in [0.2, 0.25) is 0 Å². The number of hydrogen-bond donors (Lipinski definition) is 1. The lowest BCUT2D eigenvalue weighted by Crippen LogP contribution is -2.29. The third-order valence-corrected chi connectivity index (χ3v) is 6.20. The lowest BCUT2D eigenvalue weighted by atomic mass is 9.95.